The van der Waals surface area contributed by atoms with Crippen LogP contribution in [0.25, 0.3) is 0 Å². The molecule has 6 heteroatoms. The molecule has 0 aliphatic carbocycles. The first-order valence-corrected chi connectivity index (χ1v) is 2.77. The Morgan fingerprint density at radius 2 is 1.27 bits per heavy atom. The summed E-state index contributed by atoms with van der Waals surface area (Å²) in [5, 5.41) is 0. The van der Waals surface area contributed by atoms with Crippen molar-refractivity contribution in [2.45, 2.75) is 24.9 Å². The molecule has 0 radical (unpaired) electrons. The molecule has 0 saturated carbocycles. The molecule has 0 aliphatic rings. The predicted octanol–water partition coefficient (Wildman–Crippen LogP) is 2.93. The number of hydrogen-bond donors (Lipinski definition) is 0. The summed E-state index contributed by atoms with van der Waals surface area (Å²) in [5.41, 5.74) is 0. The van der Waals surface area contributed by atoms with Crippen molar-refractivity contribution in [1.82, 2.24) is 0 Å². The molecule has 0 bridgehead atoms. The highest BCUT2D eigenvalue weighted by Gasteiger charge is 2.36. The fraction of sp³-hybridized carbons (Fsp3) is 1.00. The Kier molecular flexibility index (Phi) is 3.19. The number of hydrogen-bond acceptors (Lipinski definition) is 0. The Morgan fingerprint density at radius 3 is 1.55 bits per heavy atom. The van der Waals surface area contributed by atoms with Crippen LogP contribution in [0.1, 0.15) is 12.8 Å². The smallest absolute Gasteiger partial charge is 0.244 e. The van der Waals surface area contributed by atoms with Gasteiger partial charge in [-0.2, -0.15) is 13.2 Å². The molecule has 0 aromatic rings. The highest BCUT2D eigenvalue weighted by atomic mass is 19.4. The molecule has 0 fully saturated rings. The third kappa shape index (κ3) is 6.00. The van der Waals surface area contributed by atoms with E-state index < -0.39 is 31.6 Å². The van der Waals surface area contributed by atoms with Gasteiger partial charge in [0.15, 0.2) is 6.67 Å². The summed E-state index contributed by atoms with van der Waals surface area (Å²) < 4.78 is 68.6. The maximum absolute atomic E-state index is 11.8. The van der Waals surface area contributed by atoms with Gasteiger partial charge in [-0.05, 0) is 0 Å². The average Bonchev–Trinajstić information content (AvgIpc) is 1.83. The van der Waals surface area contributed by atoms with Crippen molar-refractivity contribution in [1.29, 1.82) is 0 Å². The van der Waals surface area contributed by atoms with Crippen molar-refractivity contribution in [3.05, 3.63) is 0 Å². The lowest BCUT2D eigenvalue weighted by Gasteiger charge is -2.12. The Morgan fingerprint density at radius 1 is 0.818 bits per heavy atom. The second-order valence-electron chi connectivity index (χ2n) is 2.10. The zero-order chi connectivity index (χ0) is 9.12. The Labute approximate surface area is 59.2 Å². The number of halogens is 6. The fourth-order valence-electron chi connectivity index (χ4n) is 0.391. The monoisotopic (exact) mass is 180 g/mol. The van der Waals surface area contributed by atoms with E-state index in [4.69, 9.17) is 0 Å². The minimum Gasteiger partial charge on any atom is -0.244 e. The summed E-state index contributed by atoms with van der Waals surface area (Å²) in [5.74, 6) is -3.84. The van der Waals surface area contributed by atoms with Crippen LogP contribution in [0.3, 0.4) is 0 Å². The molecule has 0 atom stereocenters. The van der Waals surface area contributed by atoms with Gasteiger partial charge in [-0.15, -0.1) is 0 Å². The molecule has 0 nitrogen and oxygen atoms in total. The molecule has 68 valence electrons. The first kappa shape index (κ1) is 10.6. The molecule has 0 unspecified atom stereocenters. The number of rotatable bonds is 3. The van der Waals surface area contributed by atoms with Crippen LogP contribution in [-0.4, -0.2) is 18.8 Å². The lowest BCUT2D eigenvalue weighted by molar-refractivity contribution is -0.153. The van der Waals surface area contributed by atoms with Gasteiger partial charge in [0.05, 0.1) is 0 Å². The molecular formula is C5H6F6. The van der Waals surface area contributed by atoms with Crippen LogP contribution < -0.4 is 0 Å². The van der Waals surface area contributed by atoms with Crippen LogP contribution >= 0.6 is 0 Å². The van der Waals surface area contributed by atoms with Crippen LogP contribution in [0.4, 0.5) is 26.3 Å². The van der Waals surface area contributed by atoms with Crippen molar-refractivity contribution < 1.29 is 26.3 Å². The van der Waals surface area contributed by atoms with E-state index in [2.05, 4.69) is 0 Å². The zero-order valence-corrected chi connectivity index (χ0v) is 5.39. The van der Waals surface area contributed by atoms with Crippen LogP contribution in [0.15, 0.2) is 0 Å². The van der Waals surface area contributed by atoms with Gasteiger partial charge in [-0.3, -0.25) is 0 Å². The average molecular weight is 180 g/mol. The molecule has 0 amide bonds. The molecule has 0 aromatic heterocycles. The van der Waals surface area contributed by atoms with Crippen molar-refractivity contribution >= 4 is 0 Å². The SMILES string of the molecule is FCC(F)(F)CCC(F)(F)F. The first-order chi connectivity index (χ1) is 4.77. The molecule has 0 spiro atoms. The normalized spacial score (nSPS) is 13.6. The third-order valence-corrected chi connectivity index (χ3v) is 0.970. The summed E-state index contributed by atoms with van der Waals surface area (Å²) in [6.07, 6.45) is -7.77. The van der Waals surface area contributed by atoms with Gasteiger partial charge in [-0.1, -0.05) is 0 Å². The van der Waals surface area contributed by atoms with Gasteiger partial charge in [0.25, 0.3) is 5.92 Å². The van der Waals surface area contributed by atoms with E-state index in [0.29, 0.717) is 0 Å². The van der Waals surface area contributed by atoms with Crippen LogP contribution in [0.2, 0.25) is 0 Å². The Balaban J connectivity index is 3.70. The second kappa shape index (κ2) is 3.32. The maximum Gasteiger partial charge on any atom is 0.389 e. The van der Waals surface area contributed by atoms with Gasteiger partial charge in [0.2, 0.25) is 0 Å². The van der Waals surface area contributed by atoms with E-state index in [1.54, 1.807) is 0 Å². The van der Waals surface area contributed by atoms with E-state index in [0.717, 1.165) is 0 Å². The topological polar surface area (TPSA) is 0 Å². The standard InChI is InChI=1S/C5H6F6/c6-3-4(7,8)1-2-5(9,10)11/h1-3H2. The third-order valence-electron chi connectivity index (χ3n) is 0.970. The van der Waals surface area contributed by atoms with E-state index in [1.165, 1.54) is 0 Å². The number of alkyl halides is 6. The van der Waals surface area contributed by atoms with E-state index in [1.807, 2.05) is 0 Å². The summed E-state index contributed by atoms with van der Waals surface area (Å²) in [4.78, 5) is 0. The summed E-state index contributed by atoms with van der Waals surface area (Å²) >= 11 is 0. The minimum atomic E-state index is -4.64. The molecule has 0 heterocycles. The van der Waals surface area contributed by atoms with Gasteiger partial charge in [0.1, 0.15) is 0 Å². The second-order valence-corrected chi connectivity index (χ2v) is 2.10. The summed E-state index contributed by atoms with van der Waals surface area (Å²) in [6, 6.07) is 0. The highest BCUT2D eigenvalue weighted by molar-refractivity contribution is 4.66. The van der Waals surface area contributed by atoms with Gasteiger partial charge < -0.3 is 0 Å². The van der Waals surface area contributed by atoms with Crippen molar-refractivity contribution in [2.75, 3.05) is 6.67 Å². The summed E-state index contributed by atoms with van der Waals surface area (Å²) in [7, 11) is 0. The molecule has 0 aromatic carbocycles. The lowest BCUT2D eigenvalue weighted by Crippen LogP contribution is -2.22. The van der Waals surface area contributed by atoms with Crippen LogP contribution in [-0.2, 0) is 0 Å². The molecule has 0 aliphatic heterocycles. The quantitative estimate of drug-likeness (QED) is 0.585. The van der Waals surface area contributed by atoms with Crippen molar-refractivity contribution in [3.8, 4) is 0 Å². The van der Waals surface area contributed by atoms with E-state index in [-0.39, 0.29) is 0 Å². The first-order valence-electron chi connectivity index (χ1n) is 2.77. The minimum absolute atomic E-state index is 1.48. The van der Waals surface area contributed by atoms with Gasteiger partial charge in [0, 0.05) is 12.8 Å². The maximum atomic E-state index is 11.8. The van der Waals surface area contributed by atoms with E-state index in [9.17, 15) is 26.3 Å². The molecular weight excluding hydrogens is 174 g/mol. The molecule has 11 heavy (non-hydrogen) atoms. The van der Waals surface area contributed by atoms with E-state index >= 15 is 0 Å². The molecule has 0 rings (SSSR count). The lowest BCUT2D eigenvalue weighted by atomic mass is 10.2. The Bertz CT molecular complexity index is 115. The van der Waals surface area contributed by atoms with Gasteiger partial charge >= 0.3 is 6.18 Å². The van der Waals surface area contributed by atoms with Crippen molar-refractivity contribution in [2.24, 2.45) is 0 Å². The van der Waals surface area contributed by atoms with Gasteiger partial charge in [-0.25, -0.2) is 13.2 Å². The predicted molar refractivity (Wildman–Crippen MR) is 26.2 cm³/mol. The molecule has 0 N–H and O–H groups in total. The Hall–Kier alpha value is -0.420. The zero-order valence-electron chi connectivity index (χ0n) is 5.39. The summed E-state index contributed by atoms with van der Waals surface area (Å²) in [6.45, 7) is -2.04. The van der Waals surface area contributed by atoms with Crippen molar-refractivity contribution in [3.63, 3.8) is 0 Å². The van der Waals surface area contributed by atoms with Crippen LogP contribution in [0, 0.1) is 0 Å². The van der Waals surface area contributed by atoms with Crippen LogP contribution in [0.5, 0.6) is 0 Å². The fourth-order valence-corrected chi connectivity index (χ4v) is 0.391. The molecule has 0 saturated heterocycles. The highest BCUT2D eigenvalue weighted by Crippen LogP contribution is 2.29. The largest absolute Gasteiger partial charge is 0.389 e.